The van der Waals surface area contributed by atoms with E-state index in [-0.39, 0.29) is 17.8 Å². The molecule has 1 aromatic heterocycles. The maximum atomic E-state index is 13.3. The zero-order valence-corrected chi connectivity index (χ0v) is 9.47. The van der Waals surface area contributed by atoms with E-state index in [1.54, 1.807) is 18.2 Å². The summed E-state index contributed by atoms with van der Waals surface area (Å²) in [7, 11) is 0. The molecule has 0 aliphatic heterocycles. The average Bonchev–Trinajstić information content (AvgIpc) is 2.35. The van der Waals surface area contributed by atoms with Crippen LogP contribution in [0.1, 0.15) is 0 Å². The number of benzene rings is 1. The number of carbonyl (C=O) groups is 1. The van der Waals surface area contributed by atoms with Crippen LogP contribution in [0.25, 0.3) is 0 Å². The van der Waals surface area contributed by atoms with Crippen molar-refractivity contribution in [3.05, 3.63) is 64.8 Å². The van der Waals surface area contributed by atoms with Crippen molar-refractivity contribution in [1.82, 2.24) is 4.57 Å². The zero-order chi connectivity index (χ0) is 13.0. The van der Waals surface area contributed by atoms with E-state index in [0.717, 1.165) is 0 Å². The summed E-state index contributed by atoms with van der Waals surface area (Å²) in [5.74, 6) is -0.959. The predicted octanol–water partition coefficient (Wildman–Crippen LogP) is 1.63. The number of nitrogens with one attached hydrogen (secondary N) is 1. The lowest BCUT2D eigenvalue weighted by atomic mass is 10.3. The monoisotopic (exact) mass is 246 g/mol. The third kappa shape index (κ3) is 2.82. The Morgan fingerprint density at radius 1 is 1.17 bits per heavy atom. The summed E-state index contributed by atoms with van der Waals surface area (Å²) in [6.07, 6.45) is 1.50. The zero-order valence-electron chi connectivity index (χ0n) is 9.47. The normalized spacial score (nSPS) is 10.1. The number of para-hydroxylation sites is 1. The number of halogens is 1. The van der Waals surface area contributed by atoms with Crippen molar-refractivity contribution in [3.63, 3.8) is 0 Å². The Hall–Kier alpha value is -2.43. The third-order valence-electron chi connectivity index (χ3n) is 2.36. The minimum atomic E-state index is -0.508. The van der Waals surface area contributed by atoms with Crippen molar-refractivity contribution < 1.29 is 9.18 Å². The Labute approximate surface area is 103 Å². The SMILES string of the molecule is O=C(Cn1ccccc1=O)Nc1ccccc1F. The molecule has 1 heterocycles. The van der Waals surface area contributed by atoms with Crippen molar-refractivity contribution in [2.75, 3.05) is 5.32 Å². The summed E-state index contributed by atoms with van der Waals surface area (Å²) in [6, 6.07) is 10.5. The largest absolute Gasteiger partial charge is 0.322 e. The summed E-state index contributed by atoms with van der Waals surface area (Å²) >= 11 is 0. The van der Waals surface area contributed by atoms with Gasteiger partial charge in [0.15, 0.2) is 0 Å². The van der Waals surface area contributed by atoms with Crippen molar-refractivity contribution in [3.8, 4) is 0 Å². The van der Waals surface area contributed by atoms with Crippen LogP contribution in [0.5, 0.6) is 0 Å². The molecule has 0 atom stereocenters. The lowest BCUT2D eigenvalue weighted by molar-refractivity contribution is -0.116. The van der Waals surface area contributed by atoms with Crippen LogP contribution in [0.3, 0.4) is 0 Å². The van der Waals surface area contributed by atoms with Crippen molar-refractivity contribution in [2.45, 2.75) is 6.54 Å². The topological polar surface area (TPSA) is 51.1 Å². The number of hydrogen-bond acceptors (Lipinski definition) is 2. The Kier molecular flexibility index (Phi) is 3.52. The maximum Gasteiger partial charge on any atom is 0.250 e. The molecule has 1 N–H and O–H groups in total. The first-order valence-electron chi connectivity index (χ1n) is 5.36. The molecule has 1 aromatic carbocycles. The fourth-order valence-electron chi connectivity index (χ4n) is 1.50. The molecule has 0 bridgehead atoms. The molecule has 0 spiro atoms. The van der Waals surface area contributed by atoms with Gasteiger partial charge in [-0.15, -0.1) is 0 Å². The van der Waals surface area contributed by atoms with Crippen LogP contribution in [0.2, 0.25) is 0 Å². The van der Waals surface area contributed by atoms with Crippen molar-refractivity contribution >= 4 is 11.6 Å². The number of rotatable bonds is 3. The molecule has 5 heteroatoms. The summed E-state index contributed by atoms with van der Waals surface area (Å²) in [6.45, 7) is -0.145. The lowest BCUT2D eigenvalue weighted by Gasteiger charge is -2.07. The van der Waals surface area contributed by atoms with Gasteiger partial charge in [0.25, 0.3) is 5.56 Å². The number of aromatic nitrogens is 1. The Bertz CT molecular complexity index is 622. The maximum absolute atomic E-state index is 13.3. The van der Waals surface area contributed by atoms with Gasteiger partial charge in [-0.2, -0.15) is 0 Å². The first-order chi connectivity index (χ1) is 8.66. The number of carbonyl (C=O) groups excluding carboxylic acids is 1. The summed E-state index contributed by atoms with van der Waals surface area (Å²) in [5.41, 5.74) is -0.173. The molecule has 2 rings (SSSR count). The molecule has 92 valence electrons. The number of nitrogens with zero attached hydrogens (tertiary/aromatic N) is 1. The van der Waals surface area contributed by atoms with Gasteiger partial charge in [-0.05, 0) is 18.2 Å². The van der Waals surface area contributed by atoms with E-state index < -0.39 is 11.7 Å². The van der Waals surface area contributed by atoms with Crippen LogP contribution < -0.4 is 10.9 Å². The van der Waals surface area contributed by atoms with Gasteiger partial charge in [-0.3, -0.25) is 9.59 Å². The molecule has 1 amide bonds. The summed E-state index contributed by atoms with van der Waals surface area (Å²) in [4.78, 5) is 23.0. The van der Waals surface area contributed by atoms with Crippen molar-refractivity contribution in [1.29, 1.82) is 0 Å². The highest BCUT2D eigenvalue weighted by Gasteiger charge is 2.07. The third-order valence-corrected chi connectivity index (χ3v) is 2.36. The summed E-state index contributed by atoms with van der Waals surface area (Å²) < 4.78 is 14.5. The molecule has 0 aliphatic rings. The van der Waals surface area contributed by atoms with Crippen LogP contribution in [-0.4, -0.2) is 10.5 Å². The van der Waals surface area contributed by atoms with Gasteiger partial charge in [-0.1, -0.05) is 18.2 Å². The highest BCUT2D eigenvalue weighted by Crippen LogP contribution is 2.11. The average molecular weight is 246 g/mol. The lowest BCUT2D eigenvalue weighted by Crippen LogP contribution is -2.26. The molecule has 4 nitrogen and oxygen atoms in total. The van der Waals surface area contributed by atoms with E-state index in [0.29, 0.717) is 0 Å². The van der Waals surface area contributed by atoms with Gasteiger partial charge in [0.1, 0.15) is 12.4 Å². The summed E-state index contributed by atoms with van der Waals surface area (Å²) in [5, 5.41) is 2.41. The molecule has 0 fully saturated rings. The molecular weight excluding hydrogens is 235 g/mol. The van der Waals surface area contributed by atoms with Crippen LogP contribution in [-0.2, 0) is 11.3 Å². The van der Waals surface area contributed by atoms with Crippen molar-refractivity contribution in [2.24, 2.45) is 0 Å². The van der Waals surface area contributed by atoms with E-state index in [2.05, 4.69) is 5.32 Å². The molecule has 2 aromatic rings. The van der Waals surface area contributed by atoms with Gasteiger partial charge >= 0.3 is 0 Å². The van der Waals surface area contributed by atoms with E-state index in [1.807, 2.05) is 0 Å². The minimum Gasteiger partial charge on any atom is -0.322 e. The molecule has 0 aliphatic carbocycles. The molecule has 0 radical (unpaired) electrons. The van der Waals surface area contributed by atoms with Crippen LogP contribution >= 0.6 is 0 Å². The first-order valence-corrected chi connectivity index (χ1v) is 5.36. The number of hydrogen-bond donors (Lipinski definition) is 1. The molecule has 0 unspecified atom stereocenters. The Morgan fingerprint density at radius 2 is 1.89 bits per heavy atom. The van der Waals surface area contributed by atoms with Crippen LogP contribution in [0.4, 0.5) is 10.1 Å². The second-order valence-electron chi connectivity index (χ2n) is 3.69. The quantitative estimate of drug-likeness (QED) is 0.894. The number of amides is 1. The van der Waals surface area contributed by atoms with E-state index >= 15 is 0 Å². The van der Waals surface area contributed by atoms with Gasteiger partial charge < -0.3 is 9.88 Å². The predicted molar refractivity (Wildman–Crippen MR) is 65.7 cm³/mol. The highest BCUT2D eigenvalue weighted by atomic mass is 19.1. The smallest absolute Gasteiger partial charge is 0.250 e. The van der Waals surface area contributed by atoms with Crippen LogP contribution in [0, 0.1) is 5.82 Å². The standard InChI is InChI=1S/C13H11FN2O2/c14-10-5-1-2-6-11(10)15-12(17)9-16-8-4-3-7-13(16)18/h1-8H,9H2,(H,15,17). The second-order valence-corrected chi connectivity index (χ2v) is 3.69. The number of pyridine rings is 1. The van der Waals surface area contributed by atoms with Gasteiger partial charge in [0.2, 0.25) is 5.91 Å². The Balaban J connectivity index is 2.09. The van der Waals surface area contributed by atoms with E-state index in [1.165, 1.54) is 35.0 Å². The second kappa shape index (κ2) is 5.27. The fraction of sp³-hybridized carbons (Fsp3) is 0.0769. The van der Waals surface area contributed by atoms with Gasteiger partial charge in [0, 0.05) is 12.3 Å². The first kappa shape index (κ1) is 12.0. The molecule has 18 heavy (non-hydrogen) atoms. The van der Waals surface area contributed by atoms with E-state index in [4.69, 9.17) is 0 Å². The Morgan fingerprint density at radius 3 is 2.61 bits per heavy atom. The fourth-order valence-corrected chi connectivity index (χ4v) is 1.50. The molecule has 0 saturated carbocycles. The highest BCUT2D eigenvalue weighted by molar-refractivity contribution is 5.90. The molecule has 0 saturated heterocycles. The molecular formula is C13H11FN2O2. The number of anilines is 1. The van der Waals surface area contributed by atoms with E-state index in [9.17, 15) is 14.0 Å². The minimum absolute atomic E-state index is 0.103. The van der Waals surface area contributed by atoms with Gasteiger partial charge in [-0.25, -0.2) is 4.39 Å². The van der Waals surface area contributed by atoms with Gasteiger partial charge in [0.05, 0.1) is 5.69 Å². The van der Waals surface area contributed by atoms with Crippen LogP contribution in [0.15, 0.2) is 53.5 Å².